The molecule has 0 fully saturated rings. The van der Waals surface area contributed by atoms with E-state index < -0.39 is 18.0 Å². The Morgan fingerprint density at radius 1 is 0.923 bits per heavy atom. The summed E-state index contributed by atoms with van der Waals surface area (Å²) in [4.78, 5) is 29.0. The van der Waals surface area contributed by atoms with Crippen LogP contribution in [-0.2, 0) is 9.53 Å². The molecule has 0 aliphatic rings. The van der Waals surface area contributed by atoms with Crippen LogP contribution in [0.5, 0.6) is 0 Å². The van der Waals surface area contributed by atoms with Gasteiger partial charge in [0.15, 0.2) is 0 Å². The SMILES string of the molecule is Cc1ccc(NC(=O)[C@@H](OC(=O)c2ccncc2)c2ccccc2)cc1. The van der Waals surface area contributed by atoms with Crippen LogP contribution in [0, 0.1) is 6.92 Å². The van der Waals surface area contributed by atoms with Gasteiger partial charge in [-0.3, -0.25) is 9.78 Å². The molecule has 1 N–H and O–H groups in total. The molecule has 3 aromatic rings. The van der Waals surface area contributed by atoms with Crippen molar-refractivity contribution >= 4 is 17.6 Å². The molecule has 0 spiro atoms. The van der Waals surface area contributed by atoms with Crippen molar-refractivity contribution in [2.24, 2.45) is 0 Å². The molecule has 130 valence electrons. The number of aromatic nitrogens is 1. The zero-order valence-electron chi connectivity index (χ0n) is 14.3. The van der Waals surface area contributed by atoms with Crippen LogP contribution in [-0.4, -0.2) is 16.9 Å². The molecule has 1 aromatic heterocycles. The fourth-order valence-electron chi connectivity index (χ4n) is 2.41. The minimum atomic E-state index is -1.06. The molecule has 1 heterocycles. The number of rotatable bonds is 5. The maximum atomic E-state index is 12.8. The smallest absolute Gasteiger partial charge is 0.339 e. The Morgan fingerprint density at radius 3 is 2.23 bits per heavy atom. The van der Waals surface area contributed by atoms with Crippen molar-refractivity contribution in [1.82, 2.24) is 4.98 Å². The van der Waals surface area contributed by atoms with Crippen molar-refractivity contribution in [2.45, 2.75) is 13.0 Å². The van der Waals surface area contributed by atoms with Crippen LogP contribution < -0.4 is 5.32 Å². The van der Waals surface area contributed by atoms with E-state index in [0.29, 0.717) is 16.8 Å². The quantitative estimate of drug-likeness (QED) is 0.711. The van der Waals surface area contributed by atoms with Crippen LogP contribution in [0.1, 0.15) is 27.6 Å². The summed E-state index contributed by atoms with van der Waals surface area (Å²) in [5.41, 5.74) is 2.66. The van der Waals surface area contributed by atoms with Crippen molar-refractivity contribution in [3.05, 3.63) is 95.8 Å². The number of carbonyl (C=O) groups is 2. The Morgan fingerprint density at radius 2 is 1.58 bits per heavy atom. The van der Waals surface area contributed by atoms with Crippen molar-refractivity contribution in [1.29, 1.82) is 0 Å². The predicted molar refractivity (Wildman–Crippen MR) is 98.6 cm³/mol. The molecule has 0 saturated carbocycles. The third-order valence-corrected chi connectivity index (χ3v) is 3.80. The van der Waals surface area contributed by atoms with Crippen LogP contribution in [0.25, 0.3) is 0 Å². The first kappa shape index (κ1) is 17.4. The molecule has 5 nitrogen and oxygen atoms in total. The van der Waals surface area contributed by atoms with Gasteiger partial charge in [-0.1, -0.05) is 48.0 Å². The van der Waals surface area contributed by atoms with E-state index in [9.17, 15) is 9.59 Å². The van der Waals surface area contributed by atoms with Gasteiger partial charge in [-0.2, -0.15) is 0 Å². The Kier molecular flexibility index (Phi) is 5.39. The number of esters is 1. The number of nitrogens with one attached hydrogen (secondary N) is 1. The van der Waals surface area contributed by atoms with Gasteiger partial charge in [0.25, 0.3) is 5.91 Å². The summed E-state index contributed by atoms with van der Waals surface area (Å²) in [5.74, 6) is -0.997. The van der Waals surface area contributed by atoms with Gasteiger partial charge < -0.3 is 10.1 Å². The van der Waals surface area contributed by atoms with Gasteiger partial charge in [-0.05, 0) is 31.2 Å². The number of aryl methyl sites for hydroxylation is 1. The molecule has 2 aromatic carbocycles. The normalized spacial score (nSPS) is 11.4. The summed E-state index contributed by atoms with van der Waals surface area (Å²) in [7, 11) is 0. The number of ether oxygens (including phenoxy) is 1. The predicted octanol–water partition coefficient (Wildman–Crippen LogP) is 3.93. The average Bonchev–Trinajstić information content (AvgIpc) is 2.69. The van der Waals surface area contributed by atoms with Crippen LogP contribution in [0.2, 0.25) is 0 Å². The van der Waals surface area contributed by atoms with Crippen molar-refractivity contribution in [3.63, 3.8) is 0 Å². The van der Waals surface area contributed by atoms with Crippen LogP contribution >= 0.6 is 0 Å². The van der Waals surface area contributed by atoms with Crippen molar-refractivity contribution in [2.75, 3.05) is 5.32 Å². The Bertz CT molecular complexity index is 878. The molecular weight excluding hydrogens is 328 g/mol. The molecule has 0 radical (unpaired) electrons. The number of pyridine rings is 1. The van der Waals surface area contributed by atoms with E-state index in [-0.39, 0.29) is 0 Å². The first-order chi connectivity index (χ1) is 12.6. The molecule has 0 unspecified atom stereocenters. The number of carbonyl (C=O) groups excluding carboxylic acids is 2. The number of hydrogen-bond donors (Lipinski definition) is 1. The second kappa shape index (κ2) is 8.07. The first-order valence-corrected chi connectivity index (χ1v) is 8.17. The van der Waals surface area contributed by atoms with Gasteiger partial charge in [0.2, 0.25) is 6.10 Å². The number of anilines is 1. The second-order valence-corrected chi connectivity index (χ2v) is 5.79. The van der Waals surface area contributed by atoms with Gasteiger partial charge >= 0.3 is 5.97 Å². The number of amides is 1. The lowest BCUT2D eigenvalue weighted by molar-refractivity contribution is -0.125. The molecule has 0 saturated heterocycles. The summed E-state index contributed by atoms with van der Waals surface area (Å²) in [5, 5.41) is 2.80. The zero-order chi connectivity index (χ0) is 18.4. The van der Waals surface area contributed by atoms with E-state index in [2.05, 4.69) is 10.3 Å². The maximum Gasteiger partial charge on any atom is 0.339 e. The highest BCUT2D eigenvalue weighted by atomic mass is 16.5. The number of nitrogens with zero attached hydrogens (tertiary/aromatic N) is 1. The van der Waals surface area contributed by atoms with E-state index in [1.165, 1.54) is 12.4 Å². The van der Waals surface area contributed by atoms with Crippen LogP contribution in [0.15, 0.2) is 79.1 Å². The van der Waals surface area contributed by atoms with Gasteiger partial charge in [-0.15, -0.1) is 0 Å². The molecule has 3 rings (SSSR count). The van der Waals surface area contributed by atoms with Crippen molar-refractivity contribution in [3.8, 4) is 0 Å². The Labute approximate surface area is 151 Å². The molecule has 0 bridgehead atoms. The van der Waals surface area contributed by atoms with Gasteiger partial charge in [0.1, 0.15) is 0 Å². The average molecular weight is 346 g/mol. The summed E-state index contributed by atoms with van der Waals surface area (Å²) >= 11 is 0. The van der Waals surface area contributed by atoms with Gasteiger partial charge in [-0.25, -0.2) is 4.79 Å². The number of benzene rings is 2. The molecule has 5 heteroatoms. The van der Waals surface area contributed by atoms with Crippen molar-refractivity contribution < 1.29 is 14.3 Å². The standard InChI is InChI=1S/C21H18N2O3/c1-15-7-9-18(10-8-15)23-20(24)19(16-5-3-2-4-6-16)26-21(25)17-11-13-22-14-12-17/h2-14,19H,1H3,(H,23,24)/t19-/m0/s1. The second-order valence-electron chi connectivity index (χ2n) is 5.79. The molecule has 26 heavy (non-hydrogen) atoms. The monoisotopic (exact) mass is 346 g/mol. The van der Waals surface area contributed by atoms with E-state index in [1.54, 1.807) is 48.5 Å². The highest BCUT2D eigenvalue weighted by Crippen LogP contribution is 2.22. The summed E-state index contributed by atoms with van der Waals surface area (Å²) in [6.07, 6.45) is 1.94. The van der Waals surface area contributed by atoms with Gasteiger partial charge in [0, 0.05) is 23.6 Å². The van der Waals surface area contributed by atoms with E-state index in [0.717, 1.165) is 5.56 Å². The number of hydrogen-bond acceptors (Lipinski definition) is 4. The zero-order valence-corrected chi connectivity index (χ0v) is 14.3. The van der Waals surface area contributed by atoms with E-state index >= 15 is 0 Å². The minimum absolute atomic E-state index is 0.337. The molecule has 1 amide bonds. The lowest BCUT2D eigenvalue weighted by Gasteiger charge is -2.18. The van der Waals surface area contributed by atoms with Crippen LogP contribution in [0.4, 0.5) is 5.69 Å². The minimum Gasteiger partial charge on any atom is -0.444 e. The summed E-state index contributed by atoms with van der Waals surface area (Å²) in [6.45, 7) is 1.97. The largest absolute Gasteiger partial charge is 0.444 e. The summed E-state index contributed by atoms with van der Waals surface area (Å²) < 4.78 is 5.50. The molecule has 0 aliphatic heterocycles. The van der Waals surface area contributed by atoms with Gasteiger partial charge in [0.05, 0.1) is 5.56 Å². The third-order valence-electron chi connectivity index (χ3n) is 3.80. The first-order valence-electron chi connectivity index (χ1n) is 8.17. The van der Waals surface area contributed by atoms with E-state index in [1.807, 2.05) is 25.1 Å². The Balaban J connectivity index is 1.82. The fourth-order valence-corrected chi connectivity index (χ4v) is 2.41. The maximum absolute atomic E-state index is 12.8. The molecule has 0 aliphatic carbocycles. The molecular formula is C21H18N2O3. The lowest BCUT2D eigenvalue weighted by Crippen LogP contribution is -2.26. The third kappa shape index (κ3) is 4.33. The van der Waals surface area contributed by atoms with Crippen LogP contribution in [0.3, 0.4) is 0 Å². The summed E-state index contributed by atoms with van der Waals surface area (Å²) in [6, 6.07) is 19.4. The fraction of sp³-hybridized carbons (Fsp3) is 0.0952. The highest BCUT2D eigenvalue weighted by Gasteiger charge is 2.25. The molecule has 1 atom stereocenters. The Hall–Kier alpha value is -3.47. The van der Waals surface area contributed by atoms with E-state index in [4.69, 9.17) is 4.74 Å². The highest BCUT2D eigenvalue weighted by molar-refractivity contribution is 5.98. The lowest BCUT2D eigenvalue weighted by atomic mass is 10.1. The topological polar surface area (TPSA) is 68.3 Å².